The highest BCUT2D eigenvalue weighted by Gasteiger charge is 2.30. The van der Waals surface area contributed by atoms with Crippen molar-refractivity contribution in [3.63, 3.8) is 0 Å². The number of pyridine rings is 1. The molecule has 28 heteroatoms. The largest absolute Gasteiger partial charge is 0.477 e. The predicted molar refractivity (Wildman–Crippen MR) is 592 cm³/mol. The van der Waals surface area contributed by atoms with Crippen molar-refractivity contribution in [2.24, 2.45) is 0 Å². The van der Waals surface area contributed by atoms with Crippen molar-refractivity contribution in [2.45, 2.75) is 171 Å². The molecule has 11 aromatic carbocycles. The maximum atomic E-state index is 13.5. The van der Waals surface area contributed by atoms with Crippen LogP contribution < -0.4 is 31.1 Å². The van der Waals surface area contributed by atoms with Gasteiger partial charge in [0.15, 0.2) is 0 Å². The van der Waals surface area contributed by atoms with Crippen molar-refractivity contribution in [3.05, 3.63) is 388 Å². The zero-order valence-corrected chi connectivity index (χ0v) is 90.9. The molecule has 0 radical (unpaired) electrons. The van der Waals surface area contributed by atoms with Gasteiger partial charge in [0, 0.05) is 117 Å². The molecule has 143 heavy (non-hydrogen) atoms. The Balaban J connectivity index is 0.000000144. The summed E-state index contributed by atoms with van der Waals surface area (Å²) in [5.74, 6) is -6.53. The molecule has 0 fully saturated rings. The van der Waals surface area contributed by atoms with Crippen LogP contribution in [0.4, 0.5) is 13.2 Å². The predicted octanol–water partition coefficient (Wildman–Crippen LogP) is 24.0. The highest BCUT2D eigenvalue weighted by molar-refractivity contribution is 6.91. The molecule has 19 nitrogen and oxygen atoms in total. The molecule has 0 unspecified atom stereocenters. The van der Waals surface area contributed by atoms with Crippen molar-refractivity contribution in [2.75, 3.05) is 0 Å². The fraction of sp³-hybridized carbons (Fsp3) is 0.226. The van der Waals surface area contributed by atoms with E-state index >= 15 is 0 Å². The molecule has 7 heterocycles. The lowest BCUT2D eigenvalue weighted by Crippen LogP contribution is -2.39. The van der Waals surface area contributed by atoms with Crippen molar-refractivity contribution in [3.8, 4) is 0 Å². The Morgan fingerprint density at radius 2 is 0.490 bits per heavy atom. The lowest BCUT2D eigenvalue weighted by Gasteiger charge is -2.20. The maximum Gasteiger partial charge on any atom is 0.352 e. The van der Waals surface area contributed by atoms with Gasteiger partial charge in [0.1, 0.15) is 51.6 Å². The number of aromatic nitrogens is 7. The summed E-state index contributed by atoms with van der Waals surface area (Å²) in [4.78, 5) is 74.1. The molecule has 0 aliphatic heterocycles. The minimum atomic E-state index is -1.67. The van der Waals surface area contributed by atoms with Gasteiger partial charge >= 0.3 is 35.8 Å². The summed E-state index contributed by atoms with van der Waals surface area (Å²) in [5, 5.41) is 71.0. The fourth-order valence-electron chi connectivity index (χ4n) is 17.8. The van der Waals surface area contributed by atoms with Crippen LogP contribution in [0.2, 0.25) is 118 Å². The number of fused-ring (bicyclic) bond motifs is 6. The van der Waals surface area contributed by atoms with Crippen LogP contribution in [0.1, 0.15) is 107 Å². The van der Waals surface area contributed by atoms with Crippen LogP contribution in [0, 0.1) is 31.3 Å². The molecular weight excluding hydrogens is 1900 g/mol. The van der Waals surface area contributed by atoms with Gasteiger partial charge in [0.25, 0.3) is 0 Å². The second-order valence-electron chi connectivity index (χ2n) is 42.9. The Bertz CT molecular complexity index is 7510. The Labute approximate surface area is 838 Å². The van der Waals surface area contributed by atoms with Crippen molar-refractivity contribution >= 4 is 181 Å². The minimum absolute atomic E-state index is 0.224. The van der Waals surface area contributed by atoms with E-state index in [0.29, 0.717) is 56.4 Å². The Kier molecular flexibility index (Phi) is 32.1. The number of carboxylic acid groups (broad SMARTS) is 6. The molecule has 0 spiro atoms. The SMILES string of the molecule is C[Si](C)(C)c1ccc2c(c1)cc(C(=O)O)n2Cc1cccc(F)c1.C[Si](C)(C)c1ccc2cc(C(=O)O)n(Cc3cccc(F)c3)c2c1.C[Si](C)(C)c1ccc2cc(C(=O)O)n(Cc3ccncc3)c2c1.C[Si](C)(C)c1cccc2cc(C(=O)O)n(Cc3cccc(F)c3)c12.Cc1cccc(Cn2c(C(=O)O)cc3cc([Si](C)(C)C)ccc32)c1.Cc1cccc(Cn2c(C(=O)O)cc3ccc([Si](C)(C)C)cc32)c1. The van der Waals surface area contributed by atoms with Gasteiger partial charge in [-0.05, 0) is 168 Å². The zero-order chi connectivity index (χ0) is 104. The van der Waals surface area contributed by atoms with Gasteiger partial charge < -0.3 is 58.0 Å². The van der Waals surface area contributed by atoms with Crippen molar-refractivity contribution < 1.29 is 72.6 Å². The Morgan fingerprint density at radius 1 is 0.238 bits per heavy atom. The van der Waals surface area contributed by atoms with E-state index in [2.05, 4.69) is 240 Å². The van der Waals surface area contributed by atoms with Crippen molar-refractivity contribution in [1.29, 1.82) is 0 Å². The van der Waals surface area contributed by atoms with Gasteiger partial charge in [0.05, 0.1) is 48.4 Å². The number of carboxylic acids is 6. The standard InChI is InChI=1S/2C20H23NO2Si.3C19H20FNO2Si.C18H20N2O2Si/c1-14-6-5-7-15(10-14)13-21-18-9-8-17(24(2,3)4)11-16(18)12-19(21)20(22)23;1-14-6-5-7-15(10-14)13-21-18-12-17(24(2,3)4)9-8-16(18)11-19(21)20(22)23;1-24(2,3)17-9-5-7-14-11-16(19(22)23)21(18(14)17)12-13-6-4-8-15(20)10-13;1-24(2,3)16-7-8-17-14(10-16)11-18(19(22)23)21(17)12-13-5-4-6-15(20)9-13;1-24(2,3)16-8-7-14-10-18(19(22)23)21(17(14)11-16)12-13-5-4-6-15(20)9-13;1-23(2,3)15-5-4-14-10-17(18(21)22)20(16(14)11-15)12-13-6-8-19-9-7-13/h2*5-12H,13H2,1-4H3,(H,22,23);3*4-11H,12H2,1-3H3,(H,22,23);4-11H,12H2,1-3H3,(H,21,22). The van der Waals surface area contributed by atoms with E-state index < -0.39 is 84.3 Å². The van der Waals surface area contributed by atoms with Gasteiger partial charge in [-0.25, -0.2) is 41.9 Å². The molecular formula is C115H126F3N7O12Si6. The van der Waals surface area contributed by atoms with Crippen LogP contribution in [0.3, 0.4) is 0 Å². The molecule has 6 N–H and O–H groups in total. The number of aromatic carboxylic acids is 6. The van der Waals surface area contributed by atoms with Gasteiger partial charge in [-0.1, -0.05) is 319 Å². The number of nitrogens with zero attached hydrogens (tertiary/aromatic N) is 7. The zero-order valence-electron chi connectivity index (χ0n) is 84.9. The van der Waals surface area contributed by atoms with Crippen LogP contribution in [0.15, 0.2) is 291 Å². The van der Waals surface area contributed by atoms with E-state index in [1.54, 1.807) is 86.8 Å². The first-order valence-electron chi connectivity index (χ1n) is 47.6. The molecule has 0 bridgehead atoms. The first kappa shape index (κ1) is 106. The number of benzene rings is 11. The smallest absolute Gasteiger partial charge is 0.352 e. The first-order chi connectivity index (χ1) is 67.1. The molecule has 0 atom stereocenters. The number of hydrogen-bond donors (Lipinski definition) is 6. The van der Waals surface area contributed by atoms with E-state index in [1.165, 1.54) is 78.6 Å². The number of carbonyl (C=O) groups is 6. The minimum Gasteiger partial charge on any atom is -0.477 e. The third kappa shape index (κ3) is 26.0. The monoisotopic (exact) mass is 2020 g/mol. The molecule has 0 saturated carbocycles. The normalized spacial score (nSPS) is 11.8. The van der Waals surface area contributed by atoms with E-state index in [1.807, 2.05) is 92.6 Å². The lowest BCUT2D eigenvalue weighted by molar-refractivity contribution is 0.0675. The summed E-state index contributed by atoms with van der Waals surface area (Å²) in [6.07, 6.45) is 3.46. The third-order valence-electron chi connectivity index (χ3n) is 25.5. The topological polar surface area (TPSA) is 266 Å². The highest BCUT2D eigenvalue weighted by Crippen LogP contribution is 2.31. The molecule has 0 amide bonds. The molecule has 18 rings (SSSR count). The van der Waals surface area contributed by atoms with Crippen LogP contribution in [-0.2, 0) is 39.3 Å². The van der Waals surface area contributed by atoms with Gasteiger partial charge in [-0.15, -0.1) is 0 Å². The highest BCUT2D eigenvalue weighted by atomic mass is 28.3. The van der Waals surface area contributed by atoms with Crippen molar-refractivity contribution in [1.82, 2.24) is 32.4 Å². The summed E-state index contributed by atoms with van der Waals surface area (Å²) in [6.45, 7) is 47.7. The Morgan fingerprint density at radius 3 is 0.783 bits per heavy atom. The second-order valence-corrected chi connectivity index (χ2v) is 73.3. The lowest BCUT2D eigenvalue weighted by atomic mass is 10.1. The summed E-state index contributed by atoms with van der Waals surface area (Å²) >= 11 is 0. The summed E-state index contributed by atoms with van der Waals surface area (Å²) < 4.78 is 51.4. The number of rotatable bonds is 24. The summed E-state index contributed by atoms with van der Waals surface area (Å²) in [5.41, 5.74) is 15.3. The molecule has 0 aliphatic carbocycles. The van der Waals surface area contributed by atoms with Gasteiger partial charge in [-0.3, -0.25) is 4.98 Å². The molecule has 7 aromatic heterocycles. The average Bonchev–Trinajstić information content (AvgIpc) is 1.67. The third-order valence-corrected chi connectivity index (χ3v) is 37.7. The first-order valence-corrected chi connectivity index (χ1v) is 68.6. The van der Waals surface area contributed by atoms with Crippen LogP contribution in [-0.4, -0.2) is 147 Å². The van der Waals surface area contributed by atoms with E-state index in [-0.39, 0.29) is 34.5 Å². The number of hydrogen-bond acceptors (Lipinski definition) is 7. The van der Waals surface area contributed by atoms with Gasteiger partial charge in [0.2, 0.25) is 0 Å². The molecule has 0 saturated heterocycles. The van der Waals surface area contributed by atoms with Gasteiger partial charge in [-0.2, -0.15) is 0 Å². The summed E-state index contributed by atoms with van der Waals surface area (Å²) in [6, 6.07) is 87.0. The molecule has 18 aromatic rings. The summed E-state index contributed by atoms with van der Waals surface area (Å²) in [7, 11) is -8.98. The van der Waals surface area contributed by atoms with E-state index in [4.69, 9.17) is 0 Å². The van der Waals surface area contributed by atoms with Crippen LogP contribution >= 0.6 is 0 Å². The van der Waals surface area contributed by atoms with E-state index in [0.717, 1.165) is 98.8 Å². The number of aryl methyl sites for hydroxylation is 2. The second kappa shape index (κ2) is 43.3. The van der Waals surface area contributed by atoms with Crippen LogP contribution in [0.5, 0.6) is 0 Å². The maximum absolute atomic E-state index is 13.5. The number of halogens is 3. The average molecular weight is 2020 g/mol. The quantitative estimate of drug-likeness (QED) is 0.0308. The Hall–Kier alpha value is -14.3. The van der Waals surface area contributed by atoms with E-state index in [9.17, 15) is 72.6 Å². The molecule has 738 valence electrons. The number of para-hydroxylation sites is 1. The fourth-order valence-corrected chi connectivity index (χ4v) is 25.1. The van der Waals surface area contributed by atoms with Crippen LogP contribution in [0.25, 0.3) is 65.4 Å². The molecule has 0 aliphatic rings.